The van der Waals surface area contributed by atoms with Crippen LogP contribution < -0.4 is 0 Å². The van der Waals surface area contributed by atoms with E-state index >= 15 is 0 Å². The first-order valence-corrected chi connectivity index (χ1v) is 21.9. The molecule has 2 heterocycles. The minimum absolute atomic E-state index is 0.0469. The van der Waals surface area contributed by atoms with Crippen molar-refractivity contribution in [3.8, 4) is 33.9 Å². The normalized spacial score (nSPS) is 17.6. The molecule has 4 nitrogen and oxygen atoms in total. The Morgan fingerprint density at radius 1 is 0.516 bits per heavy atom. The third-order valence-corrected chi connectivity index (χ3v) is 12.6. The number of rotatable bonds is 8. The smallest absolute Gasteiger partial charge is 0.164 e. The first-order chi connectivity index (χ1) is 30.7. The summed E-state index contributed by atoms with van der Waals surface area (Å²) < 4.78 is 6.60. The van der Waals surface area contributed by atoms with Gasteiger partial charge in [-0.15, -0.1) is 0 Å². The number of aromatic nitrogens is 3. The Kier molecular flexibility index (Phi) is 10.0. The van der Waals surface area contributed by atoms with Gasteiger partial charge in [0.15, 0.2) is 11.6 Å². The Bertz CT molecular complexity index is 3150. The first kappa shape index (κ1) is 37.6. The van der Waals surface area contributed by atoms with E-state index in [1.165, 1.54) is 44.5 Å². The van der Waals surface area contributed by atoms with Crippen LogP contribution in [0.2, 0.25) is 0 Å². The fraction of sp³-hybridized carbons (Fsp3) is 0.121. The highest BCUT2D eigenvalue weighted by Gasteiger charge is 2.24. The van der Waals surface area contributed by atoms with Crippen LogP contribution in [0.1, 0.15) is 66.5 Å². The van der Waals surface area contributed by atoms with E-state index in [1.807, 2.05) is 24.3 Å². The van der Waals surface area contributed by atoms with Crippen LogP contribution >= 0.6 is 0 Å². The van der Waals surface area contributed by atoms with Crippen molar-refractivity contribution in [1.29, 1.82) is 0 Å². The third-order valence-electron chi connectivity index (χ3n) is 12.6. The van der Waals surface area contributed by atoms with E-state index in [0.717, 1.165) is 76.6 Å². The topological polar surface area (TPSA) is 51.8 Å². The molecule has 2 unspecified atom stereocenters. The van der Waals surface area contributed by atoms with Gasteiger partial charge in [-0.3, -0.25) is 0 Å². The van der Waals surface area contributed by atoms with E-state index < -0.39 is 0 Å². The molecule has 4 heteroatoms. The van der Waals surface area contributed by atoms with Gasteiger partial charge >= 0.3 is 0 Å². The van der Waals surface area contributed by atoms with E-state index in [1.54, 1.807) is 0 Å². The van der Waals surface area contributed by atoms with Crippen molar-refractivity contribution in [2.75, 3.05) is 0 Å². The van der Waals surface area contributed by atoms with E-state index in [0.29, 0.717) is 11.6 Å². The number of hydrogen-bond donors (Lipinski definition) is 0. The molecule has 0 bridgehead atoms. The summed E-state index contributed by atoms with van der Waals surface area (Å²) in [7, 11) is 0. The predicted molar refractivity (Wildman–Crippen MR) is 255 cm³/mol. The summed E-state index contributed by atoms with van der Waals surface area (Å²) in [6.45, 7) is 0. The summed E-state index contributed by atoms with van der Waals surface area (Å²) in [6, 6.07) is 53.6. The second kappa shape index (κ2) is 16.6. The second-order valence-electron chi connectivity index (χ2n) is 16.5. The number of furan rings is 1. The van der Waals surface area contributed by atoms with Crippen LogP contribution in [0.25, 0.3) is 67.0 Å². The minimum atomic E-state index is 0.0469. The molecule has 0 amide bonds. The zero-order chi connectivity index (χ0) is 41.2. The molecule has 0 radical (unpaired) electrons. The molecule has 62 heavy (non-hydrogen) atoms. The maximum absolute atomic E-state index is 6.60. The van der Waals surface area contributed by atoms with Crippen LogP contribution in [0.3, 0.4) is 0 Å². The Morgan fingerprint density at radius 2 is 1.24 bits per heavy atom. The van der Waals surface area contributed by atoms with Gasteiger partial charge in [0.1, 0.15) is 17.0 Å². The average molecular weight is 800 g/mol. The van der Waals surface area contributed by atoms with Crippen molar-refractivity contribution < 1.29 is 4.42 Å². The molecular weight excluding hydrogens is 755 g/mol. The average Bonchev–Trinajstić information content (AvgIpc) is 3.55. The van der Waals surface area contributed by atoms with Crippen molar-refractivity contribution in [3.05, 3.63) is 234 Å². The van der Waals surface area contributed by atoms with Crippen molar-refractivity contribution in [1.82, 2.24) is 15.0 Å². The Morgan fingerprint density at radius 3 is 2.05 bits per heavy atom. The molecule has 2 atom stereocenters. The Hall–Kier alpha value is -7.43. The molecule has 0 saturated heterocycles. The maximum Gasteiger partial charge on any atom is 0.164 e. The number of benzene rings is 6. The molecule has 3 aliphatic carbocycles. The van der Waals surface area contributed by atoms with E-state index in [9.17, 15) is 0 Å². The van der Waals surface area contributed by atoms with Crippen LogP contribution in [-0.4, -0.2) is 15.0 Å². The number of hydrogen-bond acceptors (Lipinski definition) is 4. The molecule has 8 aromatic rings. The molecule has 0 spiro atoms. The highest BCUT2D eigenvalue weighted by molar-refractivity contribution is 6.14. The van der Waals surface area contributed by atoms with Gasteiger partial charge in [-0.05, 0) is 100 Å². The Labute approximate surface area is 362 Å². The largest absolute Gasteiger partial charge is 0.456 e. The van der Waals surface area contributed by atoms with Crippen LogP contribution in [0, 0.1) is 0 Å². The molecule has 11 rings (SSSR count). The summed E-state index contributed by atoms with van der Waals surface area (Å²) in [6.07, 6.45) is 23.3. The molecule has 3 aliphatic rings. The van der Waals surface area contributed by atoms with Crippen LogP contribution in [0.4, 0.5) is 0 Å². The Balaban J connectivity index is 0.992. The molecule has 2 aromatic heterocycles. The molecule has 0 saturated carbocycles. The number of nitrogens with zero attached hydrogens (tertiary/aromatic N) is 3. The lowest BCUT2D eigenvalue weighted by Gasteiger charge is -2.24. The van der Waals surface area contributed by atoms with Crippen LogP contribution in [0.5, 0.6) is 0 Å². The zero-order valence-corrected chi connectivity index (χ0v) is 34.5. The van der Waals surface area contributed by atoms with Crippen molar-refractivity contribution >= 4 is 33.1 Å². The lowest BCUT2D eigenvalue weighted by molar-refractivity contribution is 0.669. The summed E-state index contributed by atoms with van der Waals surface area (Å²) in [5, 5.41) is 2.05. The van der Waals surface area contributed by atoms with Gasteiger partial charge in [0.25, 0.3) is 0 Å². The van der Waals surface area contributed by atoms with Gasteiger partial charge in [-0.2, -0.15) is 0 Å². The van der Waals surface area contributed by atoms with Gasteiger partial charge in [0.2, 0.25) is 0 Å². The van der Waals surface area contributed by atoms with Crippen molar-refractivity contribution in [2.45, 2.75) is 43.9 Å². The standard InChI is InChI=1S/C58H45N3O/c1-5-16-39(17-6-1)41-24-13-25-44(31-30-41)57-59-56(43-22-11-4-12-23-43)60-58(61-57)50-28-15-29-54-55(50)52-38-48(33-35-53(52)62-54)49-34-32-47(37-51(49)42-20-9-3-10-21-42)46-27-14-26-45(36-46)40-18-7-2-8-19-40/h1-5,7-16,18-29,33-38,44,47H,6,17,30-32H2. The molecule has 6 aromatic carbocycles. The van der Waals surface area contributed by atoms with Gasteiger partial charge in [-0.1, -0.05) is 182 Å². The highest BCUT2D eigenvalue weighted by Crippen LogP contribution is 2.44. The first-order valence-electron chi connectivity index (χ1n) is 21.9. The molecule has 0 N–H and O–H groups in total. The minimum Gasteiger partial charge on any atom is -0.456 e. The van der Waals surface area contributed by atoms with Gasteiger partial charge < -0.3 is 4.42 Å². The van der Waals surface area contributed by atoms with Gasteiger partial charge in [0, 0.05) is 33.7 Å². The zero-order valence-electron chi connectivity index (χ0n) is 34.5. The van der Waals surface area contributed by atoms with Gasteiger partial charge in [-0.25, -0.2) is 15.0 Å². The van der Waals surface area contributed by atoms with Gasteiger partial charge in [0.05, 0.1) is 0 Å². The van der Waals surface area contributed by atoms with Crippen LogP contribution in [-0.2, 0) is 0 Å². The van der Waals surface area contributed by atoms with E-state index in [2.05, 4.69) is 176 Å². The van der Waals surface area contributed by atoms with E-state index in [4.69, 9.17) is 19.4 Å². The fourth-order valence-corrected chi connectivity index (χ4v) is 9.39. The third kappa shape index (κ3) is 7.39. The predicted octanol–water partition coefficient (Wildman–Crippen LogP) is 15.1. The monoisotopic (exact) mass is 799 g/mol. The summed E-state index contributed by atoms with van der Waals surface area (Å²) in [5.41, 5.74) is 15.0. The number of allylic oxidation sites excluding steroid dienone is 12. The highest BCUT2D eigenvalue weighted by atomic mass is 16.3. The molecule has 298 valence electrons. The fourth-order valence-electron chi connectivity index (χ4n) is 9.39. The lowest BCUT2D eigenvalue weighted by Crippen LogP contribution is -2.07. The SMILES string of the molecule is C1=CCCC(C2=CC=CC(c3nc(-c4ccccc4)nc(-c4cccc5oc6ccc(C7=CCC(c8cccc(-c9ccccc9)c8)C=C7c7ccccc7)cc6c45)n3)CC2)=C1. The van der Waals surface area contributed by atoms with Crippen molar-refractivity contribution in [2.24, 2.45) is 0 Å². The summed E-state index contributed by atoms with van der Waals surface area (Å²) in [5.74, 6) is 2.41. The molecule has 0 aliphatic heterocycles. The van der Waals surface area contributed by atoms with Crippen LogP contribution in [0.15, 0.2) is 216 Å². The second-order valence-corrected chi connectivity index (χ2v) is 16.5. The maximum atomic E-state index is 6.60. The van der Waals surface area contributed by atoms with Crippen molar-refractivity contribution in [3.63, 3.8) is 0 Å². The number of fused-ring (bicyclic) bond motifs is 3. The lowest BCUT2D eigenvalue weighted by atomic mass is 9.80. The molecular formula is C58H45N3O. The molecule has 0 fully saturated rings. The quantitative estimate of drug-likeness (QED) is 0.154. The summed E-state index contributed by atoms with van der Waals surface area (Å²) in [4.78, 5) is 15.7. The van der Waals surface area contributed by atoms with E-state index in [-0.39, 0.29) is 11.8 Å². The summed E-state index contributed by atoms with van der Waals surface area (Å²) >= 11 is 0.